The maximum absolute atomic E-state index is 13.4. The van der Waals surface area contributed by atoms with Crippen molar-refractivity contribution in [2.75, 3.05) is 72.1 Å². The number of nitrogens with zero attached hydrogens (tertiary/aromatic N) is 4. The predicted octanol–water partition coefficient (Wildman–Crippen LogP) is 1.04. The minimum absolute atomic E-state index is 0.145. The van der Waals surface area contributed by atoms with Gasteiger partial charge in [-0.1, -0.05) is 36.8 Å². The molecule has 0 saturated carbocycles. The van der Waals surface area contributed by atoms with Crippen LogP contribution < -0.4 is 0 Å². The second-order valence-electron chi connectivity index (χ2n) is 8.23. The number of carbonyl (C=O) groups is 2. The van der Waals surface area contributed by atoms with Crippen molar-refractivity contribution in [2.45, 2.75) is 13.8 Å². The first kappa shape index (κ1) is 21.0. The van der Waals surface area contributed by atoms with Crippen molar-refractivity contribution in [1.29, 1.82) is 0 Å². The van der Waals surface area contributed by atoms with Crippen LogP contribution in [-0.2, 0) is 14.3 Å². The first-order chi connectivity index (χ1) is 14.6. The third kappa shape index (κ3) is 4.29. The molecule has 7 nitrogen and oxygen atoms in total. The molecular weight excluding hydrogens is 380 g/mol. The molecule has 0 unspecified atom stereocenters. The highest BCUT2D eigenvalue weighted by molar-refractivity contribution is 6.35. The number of benzene rings is 1. The van der Waals surface area contributed by atoms with E-state index in [1.165, 1.54) is 4.90 Å². The summed E-state index contributed by atoms with van der Waals surface area (Å²) in [6, 6.07) is 7.93. The van der Waals surface area contributed by atoms with Gasteiger partial charge < -0.3 is 14.5 Å². The Bertz CT molecular complexity index is 806. The molecule has 0 atom stereocenters. The Morgan fingerprint density at radius 1 is 0.833 bits per heavy atom. The van der Waals surface area contributed by atoms with E-state index < -0.39 is 0 Å². The van der Waals surface area contributed by atoms with Gasteiger partial charge in [0.15, 0.2) is 0 Å². The van der Waals surface area contributed by atoms with Crippen molar-refractivity contribution in [3.8, 4) is 0 Å². The van der Waals surface area contributed by atoms with Crippen molar-refractivity contribution in [3.05, 3.63) is 41.1 Å². The highest BCUT2D eigenvalue weighted by Gasteiger charge is 2.42. The summed E-state index contributed by atoms with van der Waals surface area (Å²) in [5, 5.41) is 0. The van der Waals surface area contributed by atoms with Crippen molar-refractivity contribution >= 4 is 17.4 Å². The van der Waals surface area contributed by atoms with E-state index in [4.69, 9.17) is 4.74 Å². The lowest BCUT2D eigenvalue weighted by molar-refractivity contribution is -0.138. The van der Waals surface area contributed by atoms with Gasteiger partial charge in [0.1, 0.15) is 5.70 Å². The molecule has 0 radical (unpaired) electrons. The molecule has 1 aromatic carbocycles. The summed E-state index contributed by atoms with van der Waals surface area (Å²) in [6.07, 6.45) is 0. The molecule has 30 heavy (non-hydrogen) atoms. The van der Waals surface area contributed by atoms with Crippen LogP contribution in [0.5, 0.6) is 0 Å². The number of imide groups is 1. The van der Waals surface area contributed by atoms with Crippen LogP contribution in [-0.4, -0.2) is 104 Å². The monoisotopic (exact) mass is 412 g/mol. The molecule has 2 fully saturated rings. The van der Waals surface area contributed by atoms with Gasteiger partial charge in [0.05, 0.1) is 18.8 Å². The number of aryl methyl sites for hydroxylation is 1. The third-order valence-electron chi connectivity index (χ3n) is 6.36. The van der Waals surface area contributed by atoms with Gasteiger partial charge in [-0.3, -0.25) is 19.4 Å². The number of morpholine rings is 1. The molecule has 0 aromatic heterocycles. The molecule has 3 aliphatic heterocycles. The molecule has 0 N–H and O–H groups in total. The fraction of sp³-hybridized carbons (Fsp3) is 0.565. The lowest BCUT2D eigenvalue weighted by Crippen LogP contribution is -2.48. The second kappa shape index (κ2) is 9.29. The van der Waals surface area contributed by atoms with E-state index in [9.17, 15) is 9.59 Å². The van der Waals surface area contributed by atoms with Crippen molar-refractivity contribution < 1.29 is 14.3 Å². The van der Waals surface area contributed by atoms with Gasteiger partial charge in [-0.15, -0.1) is 0 Å². The topological polar surface area (TPSA) is 56.3 Å². The fourth-order valence-electron chi connectivity index (χ4n) is 4.39. The molecule has 162 valence electrons. The second-order valence-corrected chi connectivity index (χ2v) is 8.23. The summed E-state index contributed by atoms with van der Waals surface area (Å²) in [5.41, 5.74) is 3.12. The molecule has 3 aliphatic rings. The smallest absolute Gasteiger partial charge is 0.277 e. The van der Waals surface area contributed by atoms with E-state index >= 15 is 0 Å². The summed E-state index contributed by atoms with van der Waals surface area (Å²) in [4.78, 5) is 35.1. The number of likely N-dealkylation sites (N-methyl/N-ethyl adjacent to an activating group) is 1. The predicted molar refractivity (Wildman–Crippen MR) is 116 cm³/mol. The van der Waals surface area contributed by atoms with Crippen LogP contribution in [0.25, 0.3) is 5.57 Å². The largest absolute Gasteiger partial charge is 0.379 e. The Morgan fingerprint density at radius 2 is 1.50 bits per heavy atom. The zero-order valence-electron chi connectivity index (χ0n) is 18.1. The summed E-state index contributed by atoms with van der Waals surface area (Å²) < 4.78 is 5.40. The molecule has 0 aliphatic carbocycles. The molecule has 3 heterocycles. The van der Waals surface area contributed by atoms with Crippen LogP contribution in [0.2, 0.25) is 0 Å². The SMILES string of the molecule is CCN1CCN(C2=C(c3ccc(C)cc3)C(=O)N(CCN3CCOCC3)C2=O)CC1. The van der Waals surface area contributed by atoms with Gasteiger partial charge in [-0.2, -0.15) is 0 Å². The van der Waals surface area contributed by atoms with E-state index in [-0.39, 0.29) is 11.8 Å². The van der Waals surface area contributed by atoms with Crippen LogP contribution >= 0.6 is 0 Å². The fourth-order valence-corrected chi connectivity index (χ4v) is 4.39. The van der Waals surface area contributed by atoms with E-state index in [1.807, 2.05) is 31.2 Å². The Morgan fingerprint density at radius 3 is 2.13 bits per heavy atom. The van der Waals surface area contributed by atoms with E-state index in [0.717, 1.165) is 56.9 Å². The van der Waals surface area contributed by atoms with Crippen LogP contribution in [0.1, 0.15) is 18.1 Å². The minimum Gasteiger partial charge on any atom is -0.379 e. The van der Waals surface area contributed by atoms with Crippen molar-refractivity contribution in [2.24, 2.45) is 0 Å². The highest BCUT2D eigenvalue weighted by atomic mass is 16.5. The average Bonchev–Trinajstić information content (AvgIpc) is 3.03. The zero-order valence-corrected chi connectivity index (χ0v) is 18.1. The lowest BCUT2D eigenvalue weighted by Gasteiger charge is -2.36. The van der Waals surface area contributed by atoms with Crippen molar-refractivity contribution in [1.82, 2.24) is 19.6 Å². The van der Waals surface area contributed by atoms with E-state index in [2.05, 4.69) is 21.6 Å². The maximum Gasteiger partial charge on any atom is 0.277 e. The van der Waals surface area contributed by atoms with Crippen LogP contribution in [0.4, 0.5) is 0 Å². The standard InChI is InChI=1S/C23H32N4O3/c1-3-24-8-11-26(12-9-24)21-20(19-6-4-18(2)5-7-19)22(28)27(23(21)29)13-10-25-14-16-30-17-15-25/h4-7H,3,8-17H2,1-2H3. The molecule has 0 bridgehead atoms. The van der Waals surface area contributed by atoms with Gasteiger partial charge in [0.25, 0.3) is 11.8 Å². The molecule has 2 amide bonds. The number of hydrogen-bond acceptors (Lipinski definition) is 6. The van der Waals surface area contributed by atoms with E-state index in [0.29, 0.717) is 37.6 Å². The van der Waals surface area contributed by atoms with Gasteiger partial charge in [-0.05, 0) is 19.0 Å². The number of ether oxygens (including phenoxy) is 1. The van der Waals surface area contributed by atoms with Crippen molar-refractivity contribution in [3.63, 3.8) is 0 Å². The Balaban J connectivity index is 1.58. The molecule has 4 rings (SSSR count). The van der Waals surface area contributed by atoms with Gasteiger partial charge in [0.2, 0.25) is 0 Å². The zero-order chi connectivity index (χ0) is 21.1. The van der Waals surface area contributed by atoms with Crippen LogP contribution in [0.3, 0.4) is 0 Å². The first-order valence-corrected chi connectivity index (χ1v) is 11.0. The van der Waals surface area contributed by atoms with Gasteiger partial charge >= 0.3 is 0 Å². The summed E-state index contributed by atoms with van der Waals surface area (Å²) in [6.45, 7) is 12.8. The quantitative estimate of drug-likeness (QED) is 0.651. The summed E-state index contributed by atoms with van der Waals surface area (Å²) in [5.74, 6) is -0.307. The highest BCUT2D eigenvalue weighted by Crippen LogP contribution is 2.32. The minimum atomic E-state index is -0.162. The third-order valence-corrected chi connectivity index (χ3v) is 6.36. The number of rotatable bonds is 6. The van der Waals surface area contributed by atoms with Gasteiger partial charge in [0, 0.05) is 52.4 Å². The summed E-state index contributed by atoms with van der Waals surface area (Å²) in [7, 11) is 0. The normalized spacial score (nSPS) is 21.8. The van der Waals surface area contributed by atoms with Gasteiger partial charge in [-0.25, -0.2) is 0 Å². The number of hydrogen-bond donors (Lipinski definition) is 0. The summed E-state index contributed by atoms with van der Waals surface area (Å²) >= 11 is 0. The number of amides is 2. The molecular formula is C23H32N4O3. The molecule has 0 spiro atoms. The van der Waals surface area contributed by atoms with E-state index in [1.54, 1.807) is 0 Å². The van der Waals surface area contributed by atoms with Crippen LogP contribution in [0, 0.1) is 6.92 Å². The maximum atomic E-state index is 13.4. The molecule has 1 aromatic rings. The number of piperazine rings is 1. The molecule has 7 heteroatoms. The van der Waals surface area contributed by atoms with Crippen LogP contribution in [0.15, 0.2) is 30.0 Å². The lowest BCUT2D eigenvalue weighted by atomic mass is 10.0. The Kier molecular flexibility index (Phi) is 6.51. The average molecular weight is 413 g/mol. The first-order valence-electron chi connectivity index (χ1n) is 11.0. The molecule has 2 saturated heterocycles. The number of carbonyl (C=O) groups excluding carboxylic acids is 2. The Hall–Kier alpha value is -2.22. The Labute approximate surface area is 178 Å².